The van der Waals surface area contributed by atoms with Crippen LogP contribution in [0.3, 0.4) is 0 Å². The largest absolute Gasteiger partial charge is 0.473 e. The second-order valence-corrected chi connectivity index (χ2v) is 3.18. The van der Waals surface area contributed by atoms with E-state index in [0.29, 0.717) is 6.54 Å². The first kappa shape index (κ1) is 11.5. The van der Waals surface area contributed by atoms with Crippen LogP contribution in [0.5, 0.6) is 5.75 Å². The van der Waals surface area contributed by atoms with Gasteiger partial charge in [-0.3, -0.25) is 0 Å². The number of nitrogens with zero attached hydrogens (tertiary/aromatic N) is 1. The van der Waals surface area contributed by atoms with Crippen molar-refractivity contribution in [3.63, 3.8) is 0 Å². The van der Waals surface area contributed by atoms with Gasteiger partial charge >= 0.3 is 0 Å². The smallest absolute Gasteiger partial charge is 0.181 e. The maximum Gasteiger partial charge on any atom is 0.181 e. The molecule has 0 amide bonds. The molecule has 0 saturated heterocycles. The van der Waals surface area contributed by atoms with E-state index in [-0.39, 0.29) is 5.75 Å². The Balaban J connectivity index is 2.80. The Morgan fingerprint density at radius 2 is 2.33 bits per heavy atom. The van der Waals surface area contributed by atoms with E-state index in [4.69, 9.17) is 10.00 Å². The van der Waals surface area contributed by atoms with Gasteiger partial charge in [0.25, 0.3) is 0 Å². The molecule has 1 aromatic rings. The summed E-state index contributed by atoms with van der Waals surface area (Å²) in [6.45, 7) is 2.17. The fourth-order valence-electron chi connectivity index (χ4n) is 1.17. The third-order valence-corrected chi connectivity index (χ3v) is 1.86. The van der Waals surface area contributed by atoms with Crippen molar-refractivity contribution in [2.75, 3.05) is 7.05 Å². The molecule has 0 aliphatic carbocycles. The Kier molecular flexibility index (Phi) is 4.07. The van der Waals surface area contributed by atoms with Gasteiger partial charge in [0.05, 0.1) is 0 Å². The molecule has 0 aliphatic heterocycles. The van der Waals surface area contributed by atoms with Gasteiger partial charge in [0.1, 0.15) is 6.07 Å². The number of rotatable bonds is 4. The molecule has 1 aromatic carbocycles. The van der Waals surface area contributed by atoms with Gasteiger partial charge in [-0.2, -0.15) is 5.26 Å². The lowest BCUT2D eigenvalue weighted by molar-refractivity contribution is 0.263. The lowest BCUT2D eigenvalue weighted by Crippen LogP contribution is -2.10. The van der Waals surface area contributed by atoms with E-state index >= 15 is 0 Å². The first-order valence-corrected chi connectivity index (χ1v) is 4.66. The highest BCUT2D eigenvalue weighted by Crippen LogP contribution is 2.19. The molecule has 1 rings (SSSR count). The van der Waals surface area contributed by atoms with Crippen LogP contribution in [-0.4, -0.2) is 13.2 Å². The zero-order valence-electron chi connectivity index (χ0n) is 8.75. The van der Waals surface area contributed by atoms with Crippen LogP contribution in [-0.2, 0) is 6.54 Å². The van der Waals surface area contributed by atoms with Gasteiger partial charge in [0, 0.05) is 6.54 Å². The first-order chi connectivity index (χ1) is 7.17. The van der Waals surface area contributed by atoms with Gasteiger partial charge in [0.15, 0.2) is 17.7 Å². The van der Waals surface area contributed by atoms with Crippen LogP contribution in [0.25, 0.3) is 0 Å². The number of hydrogen-bond acceptors (Lipinski definition) is 3. The van der Waals surface area contributed by atoms with Crippen LogP contribution in [0.4, 0.5) is 4.39 Å². The number of halogens is 1. The summed E-state index contributed by atoms with van der Waals surface area (Å²) < 4.78 is 18.5. The fourth-order valence-corrected chi connectivity index (χ4v) is 1.17. The summed E-state index contributed by atoms with van der Waals surface area (Å²) in [4.78, 5) is 0. The van der Waals surface area contributed by atoms with Crippen molar-refractivity contribution >= 4 is 0 Å². The average molecular weight is 208 g/mol. The Morgan fingerprint density at radius 1 is 1.60 bits per heavy atom. The van der Waals surface area contributed by atoms with Crippen molar-refractivity contribution in [1.29, 1.82) is 5.26 Å². The monoisotopic (exact) mass is 208 g/mol. The quantitative estimate of drug-likeness (QED) is 0.821. The number of benzene rings is 1. The molecule has 0 spiro atoms. The minimum absolute atomic E-state index is 0.115. The second kappa shape index (κ2) is 5.32. The zero-order valence-corrected chi connectivity index (χ0v) is 8.75. The topological polar surface area (TPSA) is 45.0 Å². The first-order valence-electron chi connectivity index (χ1n) is 4.66. The zero-order chi connectivity index (χ0) is 11.3. The second-order valence-electron chi connectivity index (χ2n) is 3.18. The number of nitriles is 1. The maximum absolute atomic E-state index is 13.4. The molecule has 1 unspecified atom stereocenters. The standard InChI is InChI=1S/C11H13FN2O/c1-8(6-13)15-11-4-3-9(7-14-2)5-10(11)12/h3-5,8,14H,7H2,1-2H3. The summed E-state index contributed by atoms with van der Waals surface area (Å²) >= 11 is 0. The van der Waals surface area contributed by atoms with Gasteiger partial charge in [-0.1, -0.05) is 6.07 Å². The molecule has 1 atom stereocenters. The van der Waals surface area contributed by atoms with Crippen LogP contribution in [0.15, 0.2) is 18.2 Å². The maximum atomic E-state index is 13.4. The van der Waals surface area contributed by atoms with Crippen molar-refractivity contribution in [2.45, 2.75) is 19.6 Å². The summed E-state index contributed by atoms with van der Waals surface area (Å²) in [5, 5.41) is 11.4. The Bertz CT molecular complexity index is 373. The lowest BCUT2D eigenvalue weighted by atomic mass is 10.2. The minimum atomic E-state index is -0.644. The van der Waals surface area contributed by atoms with Gasteiger partial charge in [-0.15, -0.1) is 0 Å². The van der Waals surface area contributed by atoms with Crippen molar-refractivity contribution in [3.05, 3.63) is 29.6 Å². The van der Waals surface area contributed by atoms with Crippen molar-refractivity contribution < 1.29 is 9.13 Å². The predicted octanol–water partition coefficient (Wildman–Crippen LogP) is 1.84. The summed E-state index contributed by atoms with van der Waals surface area (Å²) in [6.07, 6.45) is -0.644. The molecule has 0 saturated carbocycles. The molecule has 0 aromatic heterocycles. The third kappa shape index (κ3) is 3.22. The SMILES string of the molecule is CNCc1ccc(OC(C)C#N)c(F)c1. The Hall–Kier alpha value is -1.60. The van der Waals surface area contributed by atoms with Gasteiger partial charge in [-0.05, 0) is 31.7 Å². The van der Waals surface area contributed by atoms with E-state index in [2.05, 4.69) is 5.32 Å². The molecule has 0 radical (unpaired) electrons. The highest BCUT2D eigenvalue weighted by atomic mass is 19.1. The van der Waals surface area contributed by atoms with Crippen LogP contribution >= 0.6 is 0 Å². The van der Waals surface area contributed by atoms with Crippen molar-refractivity contribution in [3.8, 4) is 11.8 Å². The van der Waals surface area contributed by atoms with Gasteiger partial charge in [-0.25, -0.2) is 4.39 Å². The van der Waals surface area contributed by atoms with E-state index in [9.17, 15) is 4.39 Å². The molecule has 0 fully saturated rings. The third-order valence-electron chi connectivity index (χ3n) is 1.86. The van der Waals surface area contributed by atoms with Crippen LogP contribution < -0.4 is 10.1 Å². The molecule has 0 bridgehead atoms. The summed E-state index contributed by atoms with van der Waals surface area (Å²) in [6, 6.07) is 6.58. The Labute approximate surface area is 88.5 Å². The number of hydrogen-bond donors (Lipinski definition) is 1. The average Bonchev–Trinajstić information content (AvgIpc) is 2.22. The van der Waals surface area contributed by atoms with Crippen LogP contribution in [0.2, 0.25) is 0 Å². The molecule has 15 heavy (non-hydrogen) atoms. The molecular weight excluding hydrogens is 195 g/mol. The van der Waals surface area contributed by atoms with Crippen molar-refractivity contribution in [1.82, 2.24) is 5.32 Å². The van der Waals surface area contributed by atoms with Crippen LogP contribution in [0, 0.1) is 17.1 Å². The molecule has 0 heterocycles. The van der Waals surface area contributed by atoms with Gasteiger partial charge < -0.3 is 10.1 Å². The molecule has 3 nitrogen and oxygen atoms in total. The van der Waals surface area contributed by atoms with E-state index in [1.807, 2.05) is 6.07 Å². The summed E-state index contributed by atoms with van der Waals surface area (Å²) in [5.41, 5.74) is 0.840. The van der Waals surface area contributed by atoms with Crippen molar-refractivity contribution in [2.24, 2.45) is 0 Å². The molecule has 4 heteroatoms. The van der Waals surface area contributed by atoms with Gasteiger partial charge in [0.2, 0.25) is 0 Å². The highest BCUT2D eigenvalue weighted by Gasteiger charge is 2.07. The van der Waals surface area contributed by atoms with E-state index in [0.717, 1.165) is 5.56 Å². The number of nitrogens with one attached hydrogen (secondary N) is 1. The van der Waals surface area contributed by atoms with E-state index in [1.165, 1.54) is 12.1 Å². The molecule has 80 valence electrons. The normalized spacial score (nSPS) is 11.9. The Morgan fingerprint density at radius 3 is 2.87 bits per heavy atom. The van der Waals surface area contributed by atoms with E-state index in [1.54, 1.807) is 20.0 Å². The van der Waals surface area contributed by atoms with Crippen LogP contribution in [0.1, 0.15) is 12.5 Å². The summed E-state index contributed by atoms with van der Waals surface area (Å²) in [7, 11) is 1.79. The van der Waals surface area contributed by atoms with E-state index < -0.39 is 11.9 Å². The molecular formula is C11H13FN2O. The predicted molar refractivity (Wildman–Crippen MR) is 54.9 cm³/mol. The fraction of sp³-hybridized carbons (Fsp3) is 0.364. The highest BCUT2D eigenvalue weighted by molar-refractivity contribution is 5.29. The minimum Gasteiger partial charge on any atom is -0.473 e. The number of ether oxygens (including phenoxy) is 1. The summed E-state index contributed by atoms with van der Waals surface area (Å²) in [5.74, 6) is -0.325. The lowest BCUT2D eigenvalue weighted by Gasteiger charge is -2.09. The molecule has 0 aliphatic rings. The molecule has 1 N–H and O–H groups in total.